The SMILES string of the molecule is O=C(O)Cc1cn(CC(=O)Nc2ccccc2Cl)nn1. The zero-order chi connectivity index (χ0) is 14.5. The van der Waals surface area contributed by atoms with E-state index in [0.29, 0.717) is 16.4 Å². The van der Waals surface area contributed by atoms with Crippen molar-refractivity contribution in [3.05, 3.63) is 41.2 Å². The second-order valence-electron chi connectivity index (χ2n) is 4.01. The van der Waals surface area contributed by atoms with Gasteiger partial charge >= 0.3 is 5.97 Å². The minimum absolute atomic E-state index is 0.0716. The highest BCUT2D eigenvalue weighted by molar-refractivity contribution is 6.33. The van der Waals surface area contributed by atoms with Crippen molar-refractivity contribution in [1.29, 1.82) is 0 Å². The van der Waals surface area contributed by atoms with Gasteiger partial charge in [-0.2, -0.15) is 0 Å². The molecule has 0 bridgehead atoms. The molecule has 0 saturated carbocycles. The van der Waals surface area contributed by atoms with Gasteiger partial charge in [0.15, 0.2) is 0 Å². The van der Waals surface area contributed by atoms with Gasteiger partial charge in [-0.25, -0.2) is 4.68 Å². The van der Waals surface area contributed by atoms with E-state index in [1.807, 2.05) is 0 Å². The lowest BCUT2D eigenvalue weighted by Crippen LogP contribution is -2.19. The van der Waals surface area contributed by atoms with Crippen LogP contribution in [0.3, 0.4) is 0 Å². The van der Waals surface area contributed by atoms with Crippen LogP contribution in [0.15, 0.2) is 30.5 Å². The Labute approximate surface area is 119 Å². The Balaban J connectivity index is 1.96. The fourth-order valence-corrected chi connectivity index (χ4v) is 1.73. The second kappa shape index (κ2) is 6.16. The minimum Gasteiger partial charge on any atom is -0.481 e. The number of carbonyl (C=O) groups excluding carboxylic acids is 1. The summed E-state index contributed by atoms with van der Waals surface area (Å²) in [5, 5.41) is 19.0. The second-order valence-corrected chi connectivity index (χ2v) is 4.41. The van der Waals surface area contributed by atoms with Crippen LogP contribution in [0.5, 0.6) is 0 Å². The standard InChI is InChI=1S/C12H11ClN4O3/c13-9-3-1-2-4-10(9)14-11(18)7-17-6-8(15-16-17)5-12(19)20/h1-4,6H,5,7H2,(H,14,18)(H,19,20). The molecule has 2 N–H and O–H groups in total. The van der Waals surface area contributed by atoms with Gasteiger partial charge in [0.25, 0.3) is 0 Å². The molecule has 1 amide bonds. The molecule has 0 aliphatic carbocycles. The zero-order valence-electron chi connectivity index (χ0n) is 10.3. The molecule has 0 atom stereocenters. The summed E-state index contributed by atoms with van der Waals surface area (Å²) in [5.74, 6) is -1.33. The molecule has 8 heteroatoms. The van der Waals surface area contributed by atoms with Gasteiger partial charge < -0.3 is 10.4 Å². The number of carboxylic acid groups (broad SMARTS) is 1. The van der Waals surface area contributed by atoms with Crippen molar-refractivity contribution >= 4 is 29.2 Å². The first kappa shape index (κ1) is 14.0. The third kappa shape index (κ3) is 3.79. The number of benzene rings is 1. The number of rotatable bonds is 5. The van der Waals surface area contributed by atoms with E-state index in [1.165, 1.54) is 10.9 Å². The lowest BCUT2D eigenvalue weighted by molar-refractivity contribution is -0.136. The van der Waals surface area contributed by atoms with E-state index in [1.54, 1.807) is 24.3 Å². The van der Waals surface area contributed by atoms with Crippen LogP contribution < -0.4 is 5.32 Å². The summed E-state index contributed by atoms with van der Waals surface area (Å²) in [6.45, 7) is -0.0716. The molecule has 0 radical (unpaired) electrons. The van der Waals surface area contributed by atoms with Crippen molar-refractivity contribution in [1.82, 2.24) is 15.0 Å². The molecule has 7 nitrogen and oxygen atoms in total. The number of halogens is 1. The van der Waals surface area contributed by atoms with Crippen LogP contribution in [0.1, 0.15) is 5.69 Å². The monoisotopic (exact) mass is 294 g/mol. The van der Waals surface area contributed by atoms with Gasteiger partial charge in [-0.3, -0.25) is 9.59 Å². The van der Waals surface area contributed by atoms with E-state index < -0.39 is 5.97 Å². The Morgan fingerprint density at radius 3 is 2.80 bits per heavy atom. The number of para-hydroxylation sites is 1. The normalized spacial score (nSPS) is 10.2. The first-order chi connectivity index (χ1) is 9.54. The summed E-state index contributed by atoms with van der Waals surface area (Å²) in [7, 11) is 0. The molecule has 0 saturated heterocycles. The molecular formula is C12H11ClN4O3. The molecule has 0 spiro atoms. The Bertz CT molecular complexity index is 641. The van der Waals surface area contributed by atoms with Crippen molar-refractivity contribution in [2.45, 2.75) is 13.0 Å². The van der Waals surface area contributed by atoms with Gasteiger partial charge in [-0.1, -0.05) is 28.9 Å². The third-order valence-corrected chi connectivity index (χ3v) is 2.70. The highest BCUT2D eigenvalue weighted by Crippen LogP contribution is 2.20. The highest BCUT2D eigenvalue weighted by atomic mass is 35.5. The fraction of sp³-hybridized carbons (Fsp3) is 0.167. The van der Waals surface area contributed by atoms with E-state index >= 15 is 0 Å². The fourth-order valence-electron chi connectivity index (χ4n) is 1.55. The lowest BCUT2D eigenvalue weighted by Gasteiger charge is -2.06. The predicted octanol–water partition coefficient (Wildman–Crippen LogP) is 1.20. The summed E-state index contributed by atoms with van der Waals surface area (Å²) < 4.78 is 1.27. The van der Waals surface area contributed by atoms with Crippen molar-refractivity contribution in [3.63, 3.8) is 0 Å². The predicted molar refractivity (Wildman–Crippen MR) is 71.4 cm³/mol. The van der Waals surface area contributed by atoms with Crippen LogP contribution in [-0.2, 0) is 22.6 Å². The number of hydrogen-bond donors (Lipinski definition) is 2. The lowest BCUT2D eigenvalue weighted by atomic mass is 10.3. The summed E-state index contributed by atoms with van der Waals surface area (Å²) in [4.78, 5) is 22.3. The summed E-state index contributed by atoms with van der Waals surface area (Å²) in [5.41, 5.74) is 0.799. The largest absolute Gasteiger partial charge is 0.481 e. The first-order valence-electron chi connectivity index (χ1n) is 5.70. The maximum Gasteiger partial charge on any atom is 0.309 e. The Morgan fingerprint density at radius 1 is 1.35 bits per heavy atom. The number of carbonyl (C=O) groups is 2. The molecular weight excluding hydrogens is 284 g/mol. The number of aromatic nitrogens is 3. The Morgan fingerprint density at radius 2 is 2.10 bits per heavy atom. The van der Waals surface area contributed by atoms with E-state index in [2.05, 4.69) is 15.6 Å². The number of anilines is 1. The molecule has 0 fully saturated rings. The molecule has 0 aliphatic rings. The molecule has 0 unspecified atom stereocenters. The summed E-state index contributed by atoms with van der Waals surface area (Å²) in [6.07, 6.45) is 1.19. The third-order valence-electron chi connectivity index (χ3n) is 2.37. The van der Waals surface area contributed by atoms with Gasteiger partial charge in [-0.15, -0.1) is 5.10 Å². The number of amides is 1. The van der Waals surface area contributed by atoms with Crippen LogP contribution in [0.25, 0.3) is 0 Å². The van der Waals surface area contributed by atoms with Crippen LogP contribution in [0.4, 0.5) is 5.69 Å². The average Bonchev–Trinajstić information content (AvgIpc) is 2.78. The van der Waals surface area contributed by atoms with E-state index in [4.69, 9.17) is 16.7 Å². The van der Waals surface area contributed by atoms with Crippen LogP contribution in [0.2, 0.25) is 5.02 Å². The first-order valence-corrected chi connectivity index (χ1v) is 6.07. The minimum atomic E-state index is -1.00. The van der Waals surface area contributed by atoms with Gasteiger partial charge in [0, 0.05) is 6.20 Å². The van der Waals surface area contributed by atoms with Gasteiger partial charge in [0.05, 0.1) is 22.8 Å². The quantitative estimate of drug-likeness (QED) is 0.863. The van der Waals surface area contributed by atoms with E-state index in [0.717, 1.165) is 0 Å². The number of hydrogen-bond acceptors (Lipinski definition) is 4. The van der Waals surface area contributed by atoms with Crippen molar-refractivity contribution in [3.8, 4) is 0 Å². The van der Waals surface area contributed by atoms with Crippen LogP contribution in [-0.4, -0.2) is 32.0 Å². The van der Waals surface area contributed by atoms with Crippen molar-refractivity contribution < 1.29 is 14.7 Å². The number of nitrogens with one attached hydrogen (secondary N) is 1. The molecule has 20 heavy (non-hydrogen) atoms. The number of carboxylic acids is 1. The Kier molecular flexibility index (Phi) is 4.31. The molecule has 1 aromatic carbocycles. The highest BCUT2D eigenvalue weighted by Gasteiger charge is 2.09. The average molecular weight is 295 g/mol. The maximum absolute atomic E-state index is 11.8. The maximum atomic E-state index is 11.8. The van der Waals surface area contributed by atoms with E-state index in [9.17, 15) is 9.59 Å². The number of nitrogens with zero attached hydrogens (tertiary/aromatic N) is 3. The zero-order valence-corrected chi connectivity index (χ0v) is 11.0. The van der Waals surface area contributed by atoms with E-state index in [-0.39, 0.29) is 18.9 Å². The molecule has 104 valence electrons. The molecule has 2 aromatic rings. The summed E-state index contributed by atoms with van der Waals surface area (Å²) in [6, 6.07) is 6.85. The Hall–Kier alpha value is -2.41. The van der Waals surface area contributed by atoms with Crippen LogP contribution in [0, 0.1) is 0 Å². The molecule has 0 aliphatic heterocycles. The topological polar surface area (TPSA) is 97.1 Å². The van der Waals surface area contributed by atoms with Crippen LogP contribution >= 0.6 is 11.6 Å². The van der Waals surface area contributed by atoms with Gasteiger partial charge in [0.1, 0.15) is 6.54 Å². The van der Waals surface area contributed by atoms with Crippen molar-refractivity contribution in [2.24, 2.45) is 0 Å². The van der Waals surface area contributed by atoms with Gasteiger partial charge in [-0.05, 0) is 12.1 Å². The molecule has 1 aromatic heterocycles. The van der Waals surface area contributed by atoms with Crippen molar-refractivity contribution in [2.75, 3.05) is 5.32 Å². The molecule has 1 heterocycles. The summed E-state index contributed by atoms with van der Waals surface area (Å²) >= 11 is 5.92. The number of aliphatic carboxylic acids is 1. The smallest absolute Gasteiger partial charge is 0.309 e. The molecule has 2 rings (SSSR count). The van der Waals surface area contributed by atoms with Gasteiger partial charge in [0.2, 0.25) is 5.91 Å².